The van der Waals surface area contributed by atoms with Gasteiger partial charge in [-0.15, -0.1) is 11.3 Å². The van der Waals surface area contributed by atoms with Gasteiger partial charge in [0.15, 0.2) is 0 Å². The zero-order valence-corrected chi connectivity index (χ0v) is 12.9. The highest BCUT2D eigenvalue weighted by Gasteiger charge is 2.27. The van der Waals surface area contributed by atoms with Gasteiger partial charge >= 0.3 is 0 Å². The molecular weight excluding hydrogens is 270 g/mol. The number of hydrogen-bond donors (Lipinski definition) is 1. The average Bonchev–Trinajstić information content (AvgIpc) is 3.18. The van der Waals surface area contributed by atoms with Crippen molar-refractivity contribution >= 4 is 17.2 Å². The molecule has 110 valence electrons. The lowest BCUT2D eigenvalue weighted by Crippen LogP contribution is -2.43. The minimum atomic E-state index is 0.253. The van der Waals surface area contributed by atoms with Gasteiger partial charge in [0.1, 0.15) is 0 Å². The lowest BCUT2D eigenvalue weighted by molar-refractivity contribution is -0.131. The van der Waals surface area contributed by atoms with Crippen molar-refractivity contribution in [1.29, 1.82) is 0 Å². The third kappa shape index (κ3) is 3.58. The maximum absolute atomic E-state index is 12.2. The van der Waals surface area contributed by atoms with Crippen molar-refractivity contribution < 1.29 is 4.79 Å². The second kappa shape index (κ2) is 6.22. The molecule has 3 rings (SSSR count). The topological polar surface area (TPSA) is 45.2 Å². The van der Waals surface area contributed by atoms with E-state index >= 15 is 0 Å². The van der Waals surface area contributed by atoms with Crippen LogP contribution in [0.15, 0.2) is 5.38 Å². The standard InChI is InChI=1S/C15H23N3OS/c1-11-10-20-15(17-11)13-3-2-6-18(9-13)14(19)8-16-7-12-4-5-12/h10,12-13,16H,2-9H2,1H3. The summed E-state index contributed by atoms with van der Waals surface area (Å²) in [5, 5.41) is 6.60. The van der Waals surface area contributed by atoms with Crippen LogP contribution in [0.4, 0.5) is 0 Å². The van der Waals surface area contributed by atoms with Gasteiger partial charge in [0.05, 0.1) is 11.6 Å². The van der Waals surface area contributed by atoms with Crippen molar-refractivity contribution in [2.75, 3.05) is 26.2 Å². The minimum Gasteiger partial charge on any atom is -0.341 e. The second-order valence-electron chi connectivity index (χ2n) is 6.08. The van der Waals surface area contributed by atoms with Gasteiger partial charge in [-0.05, 0) is 45.1 Å². The Kier molecular flexibility index (Phi) is 4.36. The van der Waals surface area contributed by atoms with Crippen LogP contribution in [0.3, 0.4) is 0 Å². The molecule has 1 aromatic heterocycles. The highest BCUT2D eigenvalue weighted by molar-refractivity contribution is 7.09. The SMILES string of the molecule is Cc1csc(C2CCCN(C(=O)CNCC3CC3)C2)n1. The molecule has 0 aromatic carbocycles. The van der Waals surface area contributed by atoms with E-state index in [2.05, 4.69) is 15.7 Å². The molecule has 1 saturated carbocycles. The molecule has 1 amide bonds. The Balaban J connectivity index is 1.50. The maximum Gasteiger partial charge on any atom is 0.236 e. The summed E-state index contributed by atoms with van der Waals surface area (Å²) < 4.78 is 0. The third-order valence-electron chi connectivity index (χ3n) is 4.17. The molecule has 2 heterocycles. The number of thiazole rings is 1. The first-order valence-corrected chi connectivity index (χ1v) is 8.51. The van der Waals surface area contributed by atoms with E-state index in [0.717, 1.165) is 44.1 Å². The first-order chi connectivity index (χ1) is 9.72. The number of likely N-dealkylation sites (tertiary alicyclic amines) is 1. The molecule has 2 aliphatic rings. The number of rotatable bonds is 5. The molecule has 0 spiro atoms. The quantitative estimate of drug-likeness (QED) is 0.905. The van der Waals surface area contributed by atoms with Gasteiger partial charge in [0.25, 0.3) is 0 Å². The normalized spacial score (nSPS) is 23.1. The smallest absolute Gasteiger partial charge is 0.236 e. The molecule has 1 N–H and O–H groups in total. The van der Waals surface area contributed by atoms with Crippen LogP contribution < -0.4 is 5.32 Å². The maximum atomic E-state index is 12.2. The number of aromatic nitrogens is 1. The fraction of sp³-hybridized carbons (Fsp3) is 0.733. The molecule has 2 fully saturated rings. The van der Waals surface area contributed by atoms with Crippen LogP contribution in [0.2, 0.25) is 0 Å². The van der Waals surface area contributed by atoms with Crippen LogP contribution in [-0.2, 0) is 4.79 Å². The van der Waals surface area contributed by atoms with Gasteiger partial charge in [0, 0.05) is 30.1 Å². The number of carbonyl (C=O) groups excluding carboxylic acids is 1. The first-order valence-electron chi connectivity index (χ1n) is 7.63. The molecule has 1 saturated heterocycles. The summed E-state index contributed by atoms with van der Waals surface area (Å²) in [7, 11) is 0. The molecule has 1 aliphatic carbocycles. The van der Waals surface area contributed by atoms with Gasteiger partial charge in [-0.1, -0.05) is 0 Å². The summed E-state index contributed by atoms with van der Waals surface area (Å²) in [5.74, 6) is 1.52. The molecule has 0 bridgehead atoms. The zero-order valence-electron chi connectivity index (χ0n) is 12.1. The summed E-state index contributed by atoms with van der Waals surface area (Å²) in [6, 6.07) is 0. The summed E-state index contributed by atoms with van der Waals surface area (Å²) in [6.45, 7) is 5.30. The number of nitrogens with zero attached hydrogens (tertiary/aromatic N) is 2. The Morgan fingerprint density at radius 2 is 2.35 bits per heavy atom. The van der Waals surface area contributed by atoms with E-state index < -0.39 is 0 Å². The summed E-state index contributed by atoms with van der Waals surface area (Å²) in [6.07, 6.45) is 4.91. The molecule has 1 unspecified atom stereocenters. The predicted molar refractivity (Wildman–Crippen MR) is 81.0 cm³/mol. The molecule has 4 nitrogen and oxygen atoms in total. The Morgan fingerprint density at radius 1 is 1.50 bits per heavy atom. The van der Waals surface area contributed by atoms with Gasteiger partial charge in [-0.25, -0.2) is 4.98 Å². The van der Waals surface area contributed by atoms with Crippen LogP contribution in [0.25, 0.3) is 0 Å². The van der Waals surface area contributed by atoms with Crippen LogP contribution in [0, 0.1) is 12.8 Å². The molecule has 0 radical (unpaired) electrons. The molecule has 1 atom stereocenters. The molecular formula is C15H23N3OS. The number of hydrogen-bond acceptors (Lipinski definition) is 4. The van der Waals surface area contributed by atoms with Gasteiger partial charge < -0.3 is 10.2 Å². The number of piperidine rings is 1. The Labute approximate surface area is 124 Å². The van der Waals surface area contributed by atoms with Crippen LogP contribution in [-0.4, -0.2) is 42.0 Å². The van der Waals surface area contributed by atoms with E-state index in [1.807, 2.05) is 11.8 Å². The Morgan fingerprint density at radius 3 is 3.05 bits per heavy atom. The zero-order chi connectivity index (χ0) is 13.9. The lowest BCUT2D eigenvalue weighted by atomic mass is 9.98. The highest BCUT2D eigenvalue weighted by Crippen LogP contribution is 2.29. The lowest BCUT2D eigenvalue weighted by Gasteiger charge is -2.32. The van der Waals surface area contributed by atoms with Crippen molar-refractivity contribution in [3.63, 3.8) is 0 Å². The average molecular weight is 293 g/mol. The third-order valence-corrected chi connectivity index (χ3v) is 5.29. The van der Waals surface area contributed by atoms with Crippen molar-refractivity contribution in [2.45, 2.75) is 38.5 Å². The monoisotopic (exact) mass is 293 g/mol. The van der Waals surface area contributed by atoms with Gasteiger partial charge in [0.2, 0.25) is 5.91 Å². The van der Waals surface area contributed by atoms with Crippen LogP contribution in [0.5, 0.6) is 0 Å². The van der Waals surface area contributed by atoms with E-state index in [1.54, 1.807) is 11.3 Å². The number of amides is 1. The highest BCUT2D eigenvalue weighted by atomic mass is 32.1. The van der Waals surface area contributed by atoms with E-state index in [-0.39, 0.29) is 5.91 Å². The van der Waals surface area contributed by atoms with Gasteiger partial charge in [-0.2, -0.15) is 0 Å². The largest absolute Gasteiger partial charge is 0.341 e. The fourth-order valence-corrected chi connectivity index (χ4v) is 3.71. The van der Waals surface area contributed by atoms with Gasteiger partial charge in [-0.3, -0.25) is 4.79 Å². The summed E-state index contributed by atoms with van der Waals surface area (Å²) in [5.41, 5.74) is 1.10. The minimum absolute atomic E-state index is 0.253. The number of aryl methyl sites for hydroxylation is 1. The summed E-state index contributed by atoms with van der Waals surface area (Å²) >= 11 is 1.74. The van der Waals surface area contributed by atoms with Crippen LogP contribution >= 0.6 is 11.3 Å². The van der Waals surface area contributed by atoms with Crippen LogP contribution in [0.1, 0.15) is 42.3 Å². The second-order valence-corrected chi connectivity index (χ2v) is 6.97. The number of nitrogens with one attached hydrogen (secondary N) is 1. The molecule has 1 aromatic rings. The van der Waals surface area contributed by atoms with E-state index in [0.29, 0.717) is 12.5 Å². The Hall–Kier alpha value is -0.940. The number of carbonyl (C=O) groups is 1. The molecule has 1 aliphatic heterocycles. The van der Waals surface area contributed by atoms with E-state index in [9.17, 15) is 4.79 Å². The van der Waals surface area contributed by atoms with Crippen molar-refractivity contribution in [3.8, 4) is 0 Å². The molecule has 5 heteroatoms. The Bertz CT molecular complexity index is 469. The first kappa shape index (κ1) is 14.0. The van der Waals surface area contributed by atoms with Crippen molar-refractivity contribution in [1.82, 2.24) is 15.2 Å². The summed E-state index contributed by atoms with van der Waals surface area (Å²) in [4.78, 5) is 18.8. The fourth-order valence-electron chi connectivity index (χ4n) is 2.78. The van der Waals surface area contributed by atoms with E-state index in [4.69, 9.17) is 0 Å². The van der Waals surface area contributed by atoms with Crippen molar-refractivity contribution in [2.24, 2.45) is 5.92 Å². The van der Waals surface area contributed by atoms with Crippen molar-refractivity contribution in [3.05, 3.63) is 16.1 Å². The van der Waals surface area contributed by atoms with E-state index in [1.165, 1.54) is 17.8 Å². The molecule has 20 heavy (non-hydrogen) atoms. The predicted octanol–water partition coefficient (Wildman–Crippen LogP) is 2.16.